The highest BCUT2D eigenvalue weighted by molar-refractivity contribution is 5.69. The Kier molecular flexibility index (Phi) is 3.31. The minimum atomic E-state index is -0.0956. The first-order chi connectivity index (χ1) is 6.06. The third kappa shape index (κ3) is 2.69. The molecule has 0 aromatic heterocycles. The van der Waals surface area contributed by atoms with Crippen molar-refractivity contribution >= 4 is 5.97 Å². The highest BCUT2D eigenvalue weighted by Crippen LogP contribution is 2.34. The van der Waals surface area contributed by atoms with Crippen molar-refractivity contribution in [1.82, 2.24) is 5.32 Å². The highest BCUT2D eigenvalue weighted by atomic mass is 16.5. The van der Waals surface area contributed by atoms with Crippen molar-refractivity contribution < 1.29 is 9.53 Å². The van der Waals surface area contributed by atoms with E-state index >= 15 is 0 Å². The van der Waals surface area contributed by atoms with Crippen molar-refractivity contribution in [3.8, 4) is 0 Å². The summed E-state index contributed by atoms with van der Waals surface area (Å²) in [5.41, 5.74) is 0.263. The zero-order chi connectivity index (χ0) is 9.90. The molecule has 0 aromatic carbocycles. The second kappa shape index (κ2) is 4.09. The first-order valence-corrected chi connectivity index (χ1v) is 4.84. The molecule has 1 unspecified atom stereocenters. The summed E-state index contributed by atoms with van der Waals surface area (Å²) in [4.78, 5) is 11.1. The SMILES string of the molecule is COC(=O)CC1CNCCC1(C)C. The van der Waals surface area contributed by atoms with E-state index in [0.717, 1.165) is 19.5 Å². The zero-order valence-electron chi connectivity index (χ0n) is 8.72. The summed E-state index contributed by atoms with van der Waals surface area (Å²) < 4.78 is 4.68. The quantitative estimate of drug-likeness (QED) is 0.657. The lowest BCUT2D eigenvalue weighted by Crippen LogP contribution is -2.42. The fraction of sp³-hybridized carbons (Fsp3) is 0.900. The number of piperidine rings is 1. The molecule has 1 heterocycles. The fourth-order valence-corrected chi connectivity index (χ4v) is 1.80. The van der Waals surface area contributed by atoms with E-state index in [9.17, 15) is 4.79 Å². The van der Waals surface area contributed by atoms with Crippen LogP contribution in [0, 0.1) is 11.3 Å². The van der Waals surface area contributed by atoms with Gasteiger partial charge in [-0.1, -0.05) is 13.8 Å². The average molecular weight is 185 g/mol. The van der Waals surface area contributed by atoms with Gasteiger partial charge in [-0.25, -0.2) is 0 Å². The molecule has 1 aliphatic rings. The Hall–Kier alpha value is -0.570. The van der Waals surface area contributed by atoms with Gasteiger partial charge in [0.2, 0.25) is 0 Å². The number of hydrogen-bond acceptors (Lipinski definition) is 3. The van der Waals surface area contributed by atoms with Gasteiger partial charge in [-0.05, 0) is 30.8 Å². The summed E-state index contributed by atoms with van der Waals surface area (Å²) in [6, 6.07) is 0. The third-order valence-corrected chi connectivity index (χ3v) is 3.08. The van der Waals surface area contributed by atoms with Crippen molar-refractivity contribution in [2.24, 2.45) is 11.3 Å². The minimum Gasteiger partial charge on any atom is -0.469 e. The monoisotopic (exact) mass is 185 g/mol. The molecule has 0 radical (unpaired) electrons. The lowest BCUT2D eigenvalue weighted by Gasteiger charge is -2.38. The number of carbonyl (C=O) groups excluding carboxylic acids is 1. The Morgan fingerprint density at radius 3 is 2.85 bits per heavy atom. The molecule has 0 bridgehead atoms. The van der Waals surface area contributed by atoms with Crippen LogP contribution in [0.4, 0.5) is 0 Å². The molecule has 0 aliphatic carbocycles. The topological polar surface area (TPSA) is 38.3 Å². The largest absolute Gasteiger partial charge is 0.469 e. The van der Waals surface area contributed by atoms with Crippen molar-refractivity contribution in [3.63, 3.8) is 0 Å². The van der Waals surface area contributed by atoms with Crippen molar-refractivity contribution in [1.29, 1.82) is 0 Å². The molecule has 1 atom stereocenters. The molecule has 0 amide bonds. The van der Waals surface area contributed by atoms with E-state index in [2.05, 4.69) is 23.9 Å². The maximum Gasteiger partial charge on any atom is 0.305 e. The molecule has 1 aliphatic heterocycles. The predicted octanol–water partition coefficient (Wildman–Crippen LogP) is 1.19. The Morgan fingerprint density at radius 2 is 2.31 bits per heavy atom. The summed E-state index contributed by atoms with van der Waals surface area (Å²) in [5.74, 6) is 0.315. The molecule has 1 rings (SSSR count). The van der Waals surface area contributed by atoms with Crippen LogP contribution < -0.4 is 5.32 Å². The van der Waals surface area contributed by atoms with Crippen LogP contribution in [0.2, 0.25) is 0 Å². The predicted molar refractivity (Wildman–Crippen MR) is 51.4 cm³/mol. The van der Waals surface area contributed by atoms with E-state index in [4.69, 9.17) is 0 Å². The van der Waals surface area contributed by atoms with E-state index in [1.54, 1.807) is 0 Å². The van der Waals surface area contributed by atoms with Crippen molar-refractivity contribution in [3.05, 3.63) is 0 Å². The summed E-state index contributed by atoms with van der Waals surface area (Å²) >= 11 is 0. The number of nitrogens with one attached hydrogen (secondary N) is 1. The molecular weight excluding hydrogens is 166 g/mol. The summed E-state index contributed by atoms with van der Waals surface area (Å²) in [7, 11) is 1.45. The van der Waals surface area contributed by atoms with Gasteiger partial charge >= 0.3 is 5.97 Å². The molecule has 1 saturated heterocycles. The van der Waals surface area contributed by atoms with Crippen LogP contribution in [0.5, 0.6) is 0 Å². The molecular formula is C10H19NO2. The van der Waals surface area contributed by atoms with E-state index in [1.807, 2.05) is 0 Å². The molecule has 3 nitrogen and oxygen atoms in total. The first-order valence-electron chi connectivity index (χ1n) is 4.84. The minimum absolute atomic E-state index is 0.0956. The van der Waals surface area contributed by atoms with Crippen LogP contribution in [0.1, 0.15) is 26.7 Å². The number of carbonyl (C=O) groups is 1. The molecule has 0 saturated carbocycles. The van der Waals surface area contributed by atoms with Gasteiger partial charge in [-0.2, -0.15) is 0 Å². The highest BCUT2D eigenvalue weighted by Gasteiger charge is 2.33. The lowest BCUT2D eigenvalue weighted by atomic mass is 9.72. The number of esters is 1. The van der Waals surface area contributed by atoms with Gasteiger partial charge in [-0.15, -0.1) is 0 Å². The van der Waals surface area contributed by atoms with Crippen LogP contribution in [0.15, 0.2) is 0 Å². The number of hydrogen-bond donors (Lipinski definition) is 1. The second-order valence-electron chi connectivity index (χ2n) is 4.42. The van der Waals surface area contributed by atoms with Gasteiger partial charge < -0.3 is 10.1 Å². The molecule has 76 valence electrons. The average Bonchev–Trinajstić information content (AvgIpc) is 2.08. The maximum atomic E-state index is 11.1. The Labute approximate surface area is 79.8 Å². The van der Waals surface area contributed by atoms with Crippen LogP contribution in [0.25, 0.3) is 0 Å². The standard InChI is InChI=1S/C10H19NO2/c1-10(2)4-5-11-7-8(10)6-9(12)13-3/h8,11H,4-7H2,1-3H3. The van der Waals surface area contributed by atoms with E-state index in [-0.39, 0.29) is 11.4 Å². The molecule has 0 aromatic rings. The van der Waals surface area contributed by atoms with Crippen LogP contribution in [-0.2, 0) is 9.53 Å². The van der Waals surface area contributed by atoms with Crippen LogP contribution in [0.3, 0.4) is 0 Å². The van der Waals surface area contributed by atoms with Crippen LogP contribution in [-0.4, -0.2) is 26.2 Å². The maximum absolute atomic E-state index is 11.1. The van der Waals surface area contributed by atoms with Crippen molar-refractivity contribution in [2.75, 3.05) is 20.2 Å². The fourth-order valence-electron chi connectivity index (χ4n) is 1.80. The Bertz CT molecular complexity index is 189. The first kappa shape index (κ1) is 10.5. The van der Waals surface area contributed by atoms with E-state index in [1.165, 1.54) is 7.11 Å². The van der Waals surface area contributed by atoms with Crippen LogP contribution >= 0.6 is 0 Å². The number of methoxy groups -OCH3 is 1. The normalized spacial score (nSPS) is 26.8. The third-order valence-electron chi connectivity index (χ3n) is 3.08. The number of rotatable bonds is 2. The van der Waals surface area contributed by atoms with Gasteiger partial charge in [0.1, 0.15) is 0 Å². The Morgan fingerprint density at radius 1 is 1.62 bits per heavy atom. The van der Waals surface area contributed by atoms with Gasteiger partial charge in [0.25, 0.3) is 0 Å². The summed E-state index contributed by atoms with van der Waals surface area (Å²) in [6.07, 6.45) is 1.67. The summed E-state index contributed by atoms with van der Waals surface area (Å²) in [5, 5.41) is 3.31. The second-order valence-corrected chi connectivity index (χ2v) is 4.42. The molecule has 1 N–H and O–H groups in total. The summed E-state index contributed by atoms with van der Waals surface area (Å²) in [6.45, 7) is 6.44. The molecule has 13 heavy (non-hydrogen) atoms. The molecule has 1 fully saturated rings. The number of ether oxygens (including phenoxy) is 1. The molecule has 0 spiro atoms. The van der Waals surface area contributed by atoms with Gasteiger partial charge in [-0.3, -0.25) is 4.79 Å². The molecule has 3 heteroatoms. The van der Waals surface area contributed by atoms with E-state index in [0.29, 0.717) is 12.3 Å². The lowest BCUT2D eigenvalue weighted by molar-refractivity contribution is -0.143. The van der Waals surface area contributed by atoms with Gasteiger partial charge in [0, 0.05) is 0 Å². The van der Waals surface area contributed by atoms with Crippen molar-refractivity contribution in [2.45, 2.75) is 26.7 Å². The Balaban J connectivity index is 2.51. The van der Waals surface area contributed by atoms with Gasteiger partial charge in [0.05, 0.1) is 13.5 Å². The van der Waals surface area contributed by atoms with Gasteiger partial charge in [0.15, 0.2) is 0 Å². The van der Waals surface area contributed by atoms with E-state index < -0.39 is 0 Å². The smallest absolute Gasteiger partial charge is 0.305 e. The zero-order valence-corrected chi connectivity index (χ0v) is 8.72.